The Kier molecular flexibility index (Phi) is 8.29. The number of para-hydroxylation sites is 1. The number of hydrogen-bond acceptors (Lipinski definition) is 4. The lowest BCUT2D eigenvalue weighted by molar-refractivity contribution is -0.138. The molecule has 3 N–H and O–H groups in total. The predicted octanol–water partition coefficient (Wildman–Crippen LogP) is 5.65. The Balaban J connectivity index is 0.000000244. The van der Waals surface area contributed by atoms with Crippen LogP contribution in [0.1, 0.15) is 22.3 Å². The summed E-state index contributed by atoms with van der Waals surface area (Å²) in [4.78, 5) is 35.9. The van der Waals surface area contributed by atoms with Crippen molar-refractivity contribution in [2.24, 2.45) is 0 Å². The number of halogens is 6. The van der Waals surface area contributed by atoms with Crippen LogP contribution < -0.4 is 11.1 Å². The van der Waals surface area contributed by atoms with E-state index in [2.05, 4.69) is 10.3 Å². The van der Waals surface area contributed by atoms with Crippen molar-refractivity contribution < 1.29 is 45.5 Å². The molecule has 0 atom stereocenters. The highest BCUT2D eigenvalue weighted by atomic mass is 19.4. The largest absolute Gasteiger partial charge is 0.481 e. The molecule has 1 heterocycles. The number of rotatable bonds is 5. The number of aromatic nitrogens is 1. The third kappa shape index (κ3) is 7.72. The number of aromatic amines is 1. The van der Waals surface area contributed by atoms with Crippen LogP contribution in [0.15, 0.2) is 75.9 Å². The number of carboxylic acids is 1. The second-order valence-electron chi connectivity index (χ2n) is 7.88. The van der Waals surface area contributed by atoms with Crippen molar-refractivity contribution in [2.75, 3.05) is 5.32 Å². The minimum atomic E-state index is -4.41. The Labute approximate surface area is 209 Å². The van der Waals surface area contributed by atoms with Gasteiger partial charge in [0, 0.05) is 0 Å². The summed E-state index contributed by atoms with van der Waals surface area (Å²) in [6.45, 7) is 0. The Morgan fingerprint density at radius 1 is 0.789 bits per heavy atom. The molecule has 4 rings (SSSR count). The van der Waals surface area contributed by atoms with Gasteiger partial charge in [0.05, 0.1) is 35.2 Å². The van der Waals surface area contributed by atoms with Crippen molar-refractivity contribution in [1.82, 2.24) is 4.98 Å². The summed E-state index contributed by atoms with van der Waals surface area (Å²) in [7, 11) is 0. The second-order valence-corrected chi connectivity index (χ2v) is 7.88. The van der Waals surface area contributed by atoms with E-state index in [1.807, 2.05) is 0 Å². The average molecular weight is 540 g/mol. The highest BCUT2D eigenvalue weighted by Gasteiger charge is 2.30. The van der Waals surface area contributed by atoms with Crippen LogP contribution in [0.4, 0.5) is 32.0 Å². The van der Waals surface area contributed by atoms with Gasteiger partial charge in [-0.2, -0.15) is 26.3 Å². The van der Waals surface area contributed by atoms with Gasteiger partial charge in [0.1, 0.15) is 0 Å². The Bertz CT molecular complexity index is 1470. The van der Waals surface area contributed by atoms with Crippen LogP contribution in [-0.4, -0.2) is 22.0 Å². The first-order valence-corrected chi connectivity index (χ1v) is 10.7. The molecule has 4 aromatic rings. The molecule has 200 valence electrons. The number of carbonyl (C=O) groups excluding carboxylic acids is 1. The Hall–Kier alpha value is -4.55. The minimum Gasteiger partial charge on any atom is -0.481 e. The molecular weight excluding hydrogens is 522 g/mol. The van der Waals surface area contributed by atoms with Gasteiger partial charge in [-0.15, -0.1) is 0 Å². The first-order valence-electron chi connectivity index (χ1n) is 10.7. The number of anilines is 1. The van der Waals surface area contributed by atoms with Crippen molar-refractivity contribution in [3.8, 4) is 0 Å². The Morgan fingerprint density at radius 2 is 1.29 bits per heavy atom. The maximum Gasteiger partial charge on any atom is 0.417 e. The number of oxazole rings is 1. The SMILES string of the molecule is O=C(Cc1ccc(C(F)(F)F)cc1)Nc1cccc2[nH]c(=O)oc12.O=C(O)Cc1ccc(C(F)(F)F)cc1. The third-order valence-corrected chi connectivity index (χ3v) is 5.00. The highest BCUT2D eigenvalue weighted by molar-refractivity contribution is 5.99. The third-order valence-electron chi connectivity index (χ3n) is 5.00. The summed E-state index contributed by atoms with van der Waals surface area (Å²) in [6.07, 6.45) is -9.16. The number of aliphatic carboxylic acids is 1. The van der Waals surface area contributed by atoms with Gasteiger partial charge in [0.25, 0.3) is 0 Å². The van der Waals surface area contributed by atoms with Gasteiger partial charge in [-0.25, -0.2) is 4.79 Å². The molecule has 0 fully saturated rings. The molecule has 0 unspecified atom stereocenters. The van der Waals surface area contributed by atoms with Gasteiger partial charge in [0.2, 0.25) is 5.91 Å². The summed E-state index contributed by atoms with van der Waals surface area (Å²) < 4.78 is 78.7. The standard InChI is InChI=1S/C16H11F3N2O3.C9H7F3O2/c17-16(18,19)10-6-4-9(5-7-10)8-13(22)20-11-2-1-3-12-14(11)24-15(23)21-12;10-9(11,12)7-3-1-6(2-4-7)5-8(13)14/h1-7H,8H2,(H,20,22)(H,21,23);1-4H,5H2,(H,13,14). The smallest absolute Gasteiger partial charge is 0.417 e. The predicted molar refractivity (Wildman–Crippen MR) is 123 cm³/mol. The maximum absolute atomic E-state index is 12.5. The zero-order chi connectivity index (χ0) is 28.1. The fourth-order valence-electron chi connectivity index (χ4n) is 3.25. The number of hydrogen-bond donors (Lipinski definition) is 3. The topological polar surface area (TPSA) is 112 Å². The average Bonchev–Trinajstić information content (AvgIpc) is 3.20. The minimum absolute atomic E-state index is 0.108. The molecule has 0 bridgehead atoms. The fourth-order valence-corrected chi connectivity index (χ4v) is 3.25. The summed E-state index contributed by atoms with van der Waals surface area (Å²) >= 11 is 0. The molecular formula is C25H18F6N2O5. The van der Waals surface area contributed by atoms with E-state index in [0.717, 1.165) is 36.4 Å². The first-order chi connectivity index (χ1) is 17.7. The molecule has 1 amide bonds. The number of carbonyl (C=O) groups is 2. The quantitative estimate of drug-likeness (QED) is 0.283. The molecule has 3 aromatic carbocycles. The van der Waals surface area contributed by atoms with Gasteiger partial charge in [-0.05, 0) is 47.5 Å². The summed E-state index contributed by atoms with van der Waals surface area (Å²) in [5.74, 6) is -2.15. The summed E-state index contributed by atoms with van der Waals surface area (Å²) in [5, 5.41) is 11.0. The van der Waals surface area contributed by atoms with Crippen molar-refractivity contribution in [3.05, 3.63) is 99.5 Å². The van der Waals surface area contributed by atoms with Crippen molar-refractivity contribution in [3.63, 3.8) is 0 Å². The number of fused-ring (bicyclic) bond motifs is 1. The molecule has 0 saturated heterocycles. The molecule has 0 aliphatic heterocycles. The Morgan fingerprint density at radius 3 is 1.76 bits per heavy atom. The number of amides is 1. The van der Waals surface area contributed by atoms with Gasteiger partial charge >= 0.3 is 24.1 Å². The lowest BCUT2D eigenvalue weighted by Gasteiger charge is -2.08. The number of carboxylic acid groups (broad SMARTS) is 1. The zero-order valence-corrected chi connectivity index (χ0v) is 19.1. The van der Waals surface area contributed by atoms with E-state index in [4.69, 9.17) is 9.52 Å². The van der Waals surface area contributed by atoms with Crippen LogP contribution in [0.5, 0.6) is 0 Å². The van der Waals surface area contributed by atoms with Crippen LogP contribution in [0.2, 0.25) is 0 Å². The number of benzene rings is 3. The van der Waals surface area contributed by atoms with Crippen LogP contribution in [-0.2, 0) is 34.8 Å². The fraction of sp³-hybridized carbons (Fsp3) is 0.160. The second kappa shape index (κ2) is 11.2. The molecule has 13 heteroatoms. The van der Waals surface area contributed by atoms with Gasteiger partial charge in [-0.1, -0.05) is 30.3 Å². The molecule has 1 aromatic heterocycles. The van der Waals surface area contributed by atoms with Crippen molar-refractivity contribution >= 4 is 28.7 Å². The number of H-pyrrole nitrogens is 1. The number of alkyl halides is 6. The lowest BCUT2D eigenvalue weighted by Crippen LogP contribution is -2.14. The van der Waals surface area contributed by atoms with Gasteiger partial charge in [0.15, 0.2) is 5.58 Å². The van der Waals surface area contributed by atoms with E-state index in [0.29, 0.717) is 22.3 Å². The summed E-state index contributed by atoms with van der Waals surface area (Å²) in [6, 6.07) is 13.2. The van der Waals surface area contributed by atoms with E-state index in [1.54, 1.807) is 18.2 Å². The van der Waals surface area contributed by atoms with E-state index >= 15 is 0 Å². The lowest BCUT2D eigenvalue weighted by atomic mass is 10.1. The van der Waals surface area contributed by atoms with Crippen LogP contribution >= 0.6 is 0 Å². The van der Waals surface area contributed by atoms with Gasteiger partial charge < -0.3 is 14.8 Å². The van der Waals surface area contributed by atoms with Crippen molar-refractivity contribution in [1.29, 1.82) is 0 Å². The molecule has 7 nitrogen and oxygen atoms in total. The first kappa shape index (κ1) is 28.0. The normalized spacial score (nSPS) is 11.5. The van der Waals surface area contributed by atoms with E-state index < -0.39 is 41.1 Å². The maximum atomic E-state index is 12.5. The molecule has 38 heavy (non-hydrogen) atoms. The monoisotopic (exact) mass is 540 g/mol. The van der Waals surface area contributed by atoms with E-state index in [-0.39, 0.29) is 18.4 Å². The van der Waals surface area contributed by atoms with Crippen LogP contribution in [0.3, 0.4) is 0 Å². The molecule has 0 spiro atoms. The van der Waals surface area contributed by atoms with Crippen molar-refractivity contribution in [2.45, 2.75) is 25.2 Å². The molecule has 0 aliphatic rings. The van der Waals surface area contributed by atoms with E-state index in [9.17, 15) is 40.7 Å². The zero-order valence-electron chi connectivity index (χ0n) is 19.1. The van der Waals surface area contributed by atoms with Crippen LogP contribution in [0, 0.1) is 0 Å². The molecule has 0 aliphatic carbocycles. The number of nitrogens with one attached hydrogen (secondary N) is 2. The molecule has 0 radical (unpaired) electrons. The molecule has 0 saturated carbocycles. The summed E-state index contributed by atoms with van der Waals surface area (Å²) in [5.41, 5.74) is 0.198. The van der Waals surface area contributed by atoms with Crippen LogP contribution in [0.25, 0.3) is 11.1 Å². The van der Waals surface area contributed by atoms with Gasteiger partial charge in [-0.3, -0.25) is 14.6 Å². The highest BCUT2D eigenvalue weighted by Crippen LogP contribution is 2.30. The van der Waals surface area contributed by atoms with E-state index in [1.165, 1.54) is 12.1 Å².